The van der Waals surface area contributed by atoms with Crippen molar-refractivity contribution in [3.8, 4) is 11.5 Å². The second kappa shape index (κ2) is 5.82. The maximum atomic E-state index is 13.2. The van der Waals surface area contributed by atoms with Crippen molar-refractivity contribution >= 4 is 40.0 Å². The van der Waals surface area contributed by atoms with Crippen LogP contribution in [0.15, 0.2) is 30.3 Å². The number of hydrogen-bond donors (Lipinski definition) is 2. The average molecular weight is 362 g/mol. The lowest BCUT2D eigenvalue weighted by Gasteiger charge is -2.06. The normalized spacial score (nSPS) is 11.2. The van der Waals surface area contributed by atoms with E-state index in [1.54, 1.807) is 30.9 Å². The van der Waals surface area contributed by atoms with E-state index in [0.29, 0.717) is 34.4 Å². The summed E-state index contributed by atoms with van der Waals surface area (Å²) in [4.78, 5) is 8.83. The van der Waals surface area contributed by atoms with Gasteiger partial charge in [-0.25, -0.2) is 13.9 Å². The molecule has 0 saturated heterocycles. The molecule has 4 aromatic rings. The van der Waals surface area contributed by atoms with Gasteiger partial charge in [-0.05, 0) is 18.2 Å². The number of benzene rings is 2. The zero-order valence-corrected chi connectivity index (χ0v) is 14.1. The van der Waals surface area contributed by atoms with E-state index in [1.807, 2.05) is 6.07 Å². The van der Waals surface area contributed by atoms with Crippen LogP contribution in [0.3, 0.4) is 0 Å². The van der Waals surface area contributed by atoms with Gasteiger partial charge in [0.15, 0.2) is 11.5 Å². The van der Waals surface area contributed by atoms with E-state index >= 15 is 0 Å². The summed E-state index contributed by atoms with van der Waals surface area (Å²) in [5, 5.41) is 6.15. The molecule has 0 unspecified atom stereocenters. The Hall–Kier alpha value is -3.00. The van der Waals surface area contributed by atoms with Crippen molar-refractivity contribution in [1.29, 1.82) is 0 Å². The molecule has 0 radical (unpaired) electrons. The van der Waals surface area contributed by atoms with Crippen molar-refractivity contribution in [2.75, 3.05) is 19.5 Å². The van der Waals surface area contributed by atoms with Gasteiger partial charge in [0.25, 0.3) is 5.78 Å². The number of nitrogens with one attached hydrogen (secondary N) is 2. The van der Waals surface area contributed by atoms with Crippen molar-refractivity contribution in [3.05, 3.63) is 41.2 Å². The van der Waals surface area contributed by atoms with Crippen LogP contribution in [-0.2, 0) is 0 Å². The maximum absolute atomic E-state index is 13.2. The summed E-state index contributed by atoms with van der Waals surface area (Å²) in [6.07, 6.45) is 0. The number of ether oxygens (including phenoxy) is 2. The van der Waals surface area contributed by atoms with E-state index in [9.17, 15) is 4.39 Å². The molecule has 0 aliphatic rings. The third-order valence-corrected chi connectivity index (χ3v) is 4.04. The standard InChI is InChI=1S/C16H13ClFN5O2/c1-24-13-6-11-12(7-14(13)25-2)23-16(20-11)21-15(22-23)19-8-3-4-10(18)9(17)5-8/h3-7H,1-2H3,(H2,19,20,21,22). The molecule has 2 heterocycles. The Labute approximate surface area is 146 Å². The summed E-state index contributed by atoms with van der Waals surface area (Å²) >= 11 is 5.79. The van der Waals surface area contributed by atoms with Crippen LogP contribution in [0.25, 0.3) is 16.8 Å². The highest BCUT2D eigenvalue weighted by Gasteiger charge is 2.14. The highest BCUT2D eigenvalue weighted by molar-refractivity contribution is 6.31. The lowest BCUT2D eigenvalue weighted by atomic mass is 10.3. The Balaban J connectivity index is 1.76. The van der Waals surface area contributed by atoms with Crippen molar-refractivity contribution < 1.29 is 13.9 Å². The zero-order chi connectivity index (χ0) is 17.6. The van der Waals surface area contributed by atoms with Gasteiger partial charge in [-0.2, -0.15) is 4.98 Å². The molecule has 2 aromatic carbocycles. The fourth-order valence-corrected chi connectivity index (χ4v) is 2.75. The number of nitrogens with zero attached hydrogens (tertiary/aromatic N) is 3. The number of aromatic nitrogens is 4. The van der Waals surface area contributed by atoms with Crippen molar-refractivity contribution in [1.82, 2.24) is 19.6 Å². The molecule has 0 aliphatic heterocycles. The molecular formula is C16H13ClFN5O2. The first-order chi connectivity index (χ1) is 12.1. The van der Waals surface area contributed by atoms with Crippen LogP contribution in [0.2, 0.25) is 5.02 Å². The second-order valence-corrected chi connectivity index (χ2v) is 5.68. The van der Waals surface area contributed by atoms with E-state index in [-0.39, 0.29) is 5.02 Å². The van der Waals surface area contributed by atoms with Gasteiger partial charge in [0.2, 0.25) is 5.95 Å². The molecule has 0 fully saturated rings. The Morgan fingerprint density at radius 1 is 1.12 bits per heavy atom. The van der Waals surface area contributed by atoms with Gasteiger partial charge >= 0.3 is 0 Å². The van der Waals surface area contributed by atoms with Gasteiger partial charge in [-0.3, -0.25) is 5.10 Å². The fourth-order valence-electron chi connectivity index (χ4n) is 2.57. The molecule has 0 atom stereocenters. The van der Waals surface area contributed by atoms with Gasteiger partial charge in [-0.1, -0.05) is 11.6 Å². The van der Waals surface area contributed by atoms with E-state index in [2.05, 4.69) is 20.4 Å². The van der Waals surface area contributed by atoms with Gasteiger partial charge in [0.05, 0.1) is 30.3 Å². The summed E-state index contributed by atoms with van der Waals surface area (Å²) in [6, 6.07) is 7.92. The highest BCUT2D eigenvalue weighted by atomic mass is 35.5. The van der Waals surface area contributed by atoms with Gasteiger partial charge in [0.1, 0.15) is 5.82 Å². The topological polar surface area (TPSA) is 76.5 Å². The number of fused-ring (bicyclic) bond motifs is 3. The lowest BCUT2D eigenvalue weighted by Crippen LogP contribution is -1.95. The van der Waals surface area contributed by atoms with E-state index in [4.69, 9.17) is 21.1 Å². The van der Waals surface area contributed by atoms with Gasteiger partial charge < -0.3 is 14.8 Å². The minimum atomic E-state index is -0.478. The first-order valence-electron chi connectivity index (χ1n) is 7.31. The molecular weight excluding hydrogens is 349 g/mol. The molecule has 25 heavy (non-hydrogen) atoms. The van der Waals surface area contributed by atoms with Crippen LogP contribution < -0.4 is 14.8 Å². The van der Waals surface area contributed by atoms with Crippen molar-refractivity contribution in [2.45, 2.75) is 0 Å². The molecule has 0 amide bonds. The van der Waals surface area contributed by atoms with Crippen LogP contribution in [0.1, 0.15) is 0 Å². The number of methoxy groups -OCH3 is 2. The first-order valence-corrected chi connectivity index (χ1v) is 7.69. The first kappa shape index (κ1) is 15.5. The lowest BCUT2D eigenvalue weighted by molar-refractivity contribution is 0.355. The molecule has 7 nitrogen and oxygen atoms in total. The molecule has 0 spiro atoms. The van der Waals surface area contributed by atoms with Crippen LogP contribution in [0, 0.1) is 5.82 Å². The van der Waals surface area contributed by atoms with Crippen molar-refractivity contribution in [2.24, 2.45) is 0 Å². The third kappa shape index (κ3) is 2.60. The Morgan fingerprint density at radius 2 is 1.88 bits per heavy atom. The minimum Gasteiger partial charge on any atom is -0.493 e. The summed E-state index contributed by atoms with van der Waals surface area (Å²) < 4.78 is 25.6. The number of aromatic amines is 1. The summed E-state index contributed by atoms with van der Waals surface area (Å²) in [7, 11) is 3.14. The molecule has 0 aliphatic carbocycles. The van der Waals surface area contributed by atoms with Gasteiger partial charge in [0, 0.05) is 17.8 Å². The van der Waals surface area contributed by atoms with Crippen LogP contribution >= 0.6 is 11.6 Å². The Bertz CT molecular complexity index is 1090. The average Bonchev–Trinajstić information content (AvgIpc) is 3.13. The fraction of sp³-hybridized carbons (Fsp3) is 0.125. The molecule has 2 N–H and O–H groups in total. The predicted molar refractivity (Wildman–Crippen MR) is 92.6 cm³/mol. The van der Waals surface area contributed by atoms with E-state index < -0.39 is 5.82 Å². The number of hydrogen-bond acceptors (Lipinski definition) is 5. The number of imidazole rings is 1. The second-order valence-electron chi connectivity index (χ2n) is 5.27. The van der Waals surface area contributed by atoms with Crippen molar-refractivity contribution in [3.63, 3.8) is 0 Å². The maximum Gasteiger partial charge on any atom is 0.253 e. The van der Waals surface area contributed by atoms with Gasteiger partial charge in [-0.15, -0.1) is 0 Å². The molecule has 0 bridgehead atoms. The highest BCUT2D eigenvalue weighted by Crippen LogP contribution is 2.32. The zero-order valence-electron chi connectivity index (χ0n) is 13.3. The molecule has 4 rings (SSSR count). The SMILES string of the molecule is COc1cc2nc3nc(Nc4ccc(F)c(Cl)c4)[nH]n3c2cc1OC. The molecule has 0 saturated carbocycles. The summed E-state index contributed by atoms with van der Waals surface area (Å²) in [6.45, 7) is 0. The number of H-pyrrole nitrogens is 1. The predicted octanol–water partition coefficient (Wildman–Crippen LogP) is 3.76. The summed E-state index contributed by atoms with van der Waals surface area (Å²) in [5.74, 6) is 1.62. The van der Waals surface area contributed by atoms with E-state index in [1.165, 1.54) is 12.1 Å². The smallest absolute Gasteiger partial charge is 0.253 e. The largest absolute Gasteiger partial charge is 0.493 e. The number of halogens is 2. The van der Waals surface area contributed by atoms with Crippen LogP contribution in [-0.4, -0.2) is 33.8 Å². The minimum absolute atomic E-state index is 0.0311. The van der Waals surface area contributed by atoms with E-state index in [0.717, 1.165) is 5.52 Å². The molecule has 128 valence electrons. The quantitative estimate of drug-likeness (QED) is 0.578. The summed E-state index contributed by atoms with van der Waals surface area (Å²) in [5.41, 5.74) is 2.10. The van der Waals surface area contributed by atoms with Crippen LogP contribution in [0.5, 0.6) is 11.5 Å². The molecule has 2 aromatic heterocycles. The Kier molecular flexibility index (Phi) is 3.61. The monoisotopic (exact) mass is 361 g/mol. The number of anilines is 2. The number of rotatable bonds is 4. The van der Waals surface area contributed by atoms with Crippen LogP contribution in [0.4, 0.5) is 16.0 Å². The molecule has 9 heteroatoms. The Morgan fingerprint density at radius 3 is 2.60 bits per heavy atom. The third-order valence-electron chi connectivity index (χ3n) is 3.75.